The van der Waals surface area contributed by atoms with Gasteiger partial charge in [0.05, 0.1) is 5.69 Å². The van der Waals surface area contributed by atoms with Gasteiger partial charge in [0.15, 0.2) is 0 Å². The van der Waals surface area contributed by atoms with Crippen LogP contribution in [0.1, 0.15) is 38.6 Å². The zero-order valence-electron chi connectivity index (χ0n) is 12.4. The predicted octanol–water partition coefficient (Wildman–Crippen LogP) is 3.46. The summed E-state index contributed by atoms with van der Waals surface area (Å²) in [6.07, 6.45) is 5.58. The number of imidazole rings is 1. The Bertz CT molecular complexity index is 561. The molecule has 0 radical (unpaired) electrons. The number of nitrogens with zero attached hydrogens (tertiary/aromatic N) is 2. The van der Waals surface area contributed by atoms with Crippen LogP contribution < -0.4 is 5.32 Å². The minimum atomic E-state index is -0.174. The molecule has 0 aliphatic carbocycles. The Hall–Kier alpha value is -1.68. The Morgan fingerprint density at radius 3 is 2.85 bits per heavy atom. The van der Waals surface area contributed by atoms with E-state index in [0.29, 0.717) is 18.2 Å². The first-order valence-corrected chi connectivity index (χ1v) is 7.16. The van der Waals surface area contributed by atoms with Crippen molar-refractivity contribution in [2.45, 2.75) is 46.2 Å². The van der Waals surface area contributed by atoms with Crippen LogP contribution in [0.15, 0.2) is 30.6 Å². The Morgan fingerprint density at radius 1 is 1.35 bits per heavy atom. The molecule has 0 spiro atoms. The van der Waals surface area contributed by atoms with E-state index in [2.05, 4.69) is 31.1 Å². The van der Waals surface area contributed by atoms with Gasteiger partial charge < -0.3 is 9.88 Å². The molecule has 0 amide bonds. The van der Waals surface area contributed by atoms with Crippen LogP contribution in [0.25, 0.3) is 5.69 Å². The average Bonchev–Trinajstić information content (AvgIpc) is 2.85. The molecule has 0 unspecified atom stereocenters. The van der Waals surface area contributed by atoms with E-state index in [9.17, 15) is 4.39 Å². The molecule has 0 fully saturated rings. The molecule has 1 aromatic heterocycles. The van der Waals surface area contributed by atoms with Gasteiger partial charge in [-0.25, -0.2) is 9.37 Å². The third-order valence-corrected chi connectivity index (χ3v) is 3.23. The molecule has 2 aromatic rings. The standard InChI is InChI=1S/C16H22FN3/c1-4-6-16-18-9-10-20(16)15-8-5-7-14(17)13(15)11-19-12(2)3/h5,7-10,12,19H,4,6,11H2,1-3H3. The third kappa shape index (κ3) is 3.25. The van der Waals surface area contributed by atoms with Crippen molar-refractivity contribution in [1.29, 1.82) is 0 Å². The van der Waals surface area contributed by atoms with Gasteiger partial charge in [-0.05, 0) is 18.6 Å². The molecule has 1 heterocycles. The van der Waals surface area contributed by atoms with Gasteiger partial charge in [0.1, 0.15) is 11.6 Å². The molecule has 0 aliphatic heterocycles. The van der Waals surface area contributed by atoms with E-state index in [0.717, 1.165) is 24.4 Å². The first kappa shape index (κ1) is 14.7. The summed E-state index contributed by atoms with van der Waals surface area (Å²) in [7, 11) is 0. The lowest BCUT2D eigenvalue weighted by Crippen LogP contribution is -2.23. The molecule has 1 aromatic carbocycles. The maximum atomic E-state index is 14.1. The number of nitrogens with one attached hydrogen (secondary N) is 1. The SMILES string of the molecule is CCCc1nccn1-c1cccc(F)c1CNC(C)C. The Morgan fingerprint density at radius 2 is 2.15 bits per heavy atom. The Kier molecular flexibility index (Phi) is 4.90. The van der Waals surface area contributed by atoms with Crippen LogP contribution in [0, 0.1) is 5.82 Å². The lowest BCUT2D eigenvalue weighted by atomic mass is 10.1. The van der Waals surface area contributed by atoms with Crippen molar-refractivity contribution < 1.29 is 4.39 Å². The number of benzene rings is 1. The van der Waals surface area contributed by atoms with Crippen molar-refractivity contribution in [2.75, 3.05) is 0 Å². The van der Waals surface area contributed by atoms with Crippen molar-refractivity contribution in [3.63, 3.8) is 0 Å². The van der Waals surface area contributed by atoms with Crippen molar-refractivity contribution in [3.8, 4) is 5.69 Å². The monoisotopic (exact) mass is 275 g/mol. The average molecular weight is 275 g/mol. The fourth-order valence-electron chi connectivity index (χ4n) is 2.22. The fourth-order valence-corrected chi connectivity index (χ4v) is 2.22. The summed E-state index contributed by atoms with van der Waals surface area (Å²) in [6, 6.07) is 5.53. The topological polar surface area (TPSA) is 29.9 Å². The van der Waals surface area contributed by atoms with Gasteiger partial charge in [-0.3, -0.25) is 0 Å². The number of aromatic nitrogens is 2. The lowest BCUT2D eigenvalue weighted by molar-refractivity contribution is 0.550. The van der Waals surface area contributed by atoms with E-state index in [1.165, 1.54) is 6.07 Å². The van der Waals surface area contributed by atoms with Gasteiger partial charge in [0.2, 0.25) is 0 Å². The number of hydrogen-bond donors (Lipinski definition) is 1. The van der Waals surface area contributed by atoms with Crippen LogP contribution in [-0.4, -0.2) is 15.6 Å². The number of aryl methyl sites for hydroxylation is 1. The molecule has 0 atom stereocenters. The van der Waals surface area contributed by atoms with Gasteiger partial charge in [-0.1, -0.05) is 26.8 Å². The number of hydrogen-bond acceptors (Lipinski definition) is 2. The van der Waals surface area contributed by atoms with Crippen molar-refractivity contribution in [1.82, 2.24) is 14.9 Å². The summed E-state index contributed by atoms with van der Waals surface area (Å²) in [5, 5.41) is 3.28. The molecule has 1 N–H and O–H groups in total. The highest BCUT2D eigenvalue weighted by Gasteiger charge is 2.12. The summed E-state index contributed by atoms with van der Waals surface area (Å²) in [6.45, 7) is 6.75. The summed E-state index contributed by atoms with van der Waals surface area (Å²) in [5.74, 6) is 0.802. The Balaban J connectivity index is 2.39. The van der Waals surface area contributed by atoms with Crippen molar-refractivity contribution >= 4 is 0 Å². The van der Waals surface area contributed by atoms with Crippen LogP contribution in [-0.2, 0) is 13.0 Å². The highest BCUT2D eigenvalue weighted by molar-refractivity contribution is 5.43. The summed E-state index contributed by atoms with van der Waals surface area (Å²) < 4.78 is 16.1. The maximum absolute atomic E-state index is 14.1. The summed E-state index contributed by atoms with van der Waals surface area (Å²) >= 11 is 0. The number of halogens is 1. The predicted molar refractivity (Wildman–Crippen MR) is 79.5 cm³/mol. The minimum absolute atomic E-state index is 0.174. The van der Waals surface area contributed by atoms with E-state index in [1.54, 1.807) is 12.3 Å². The molecule has 20 heavy (non-hydrogen) atoms. The zero-order valence-corrected chi connectivity index (χ0v) is 12.4. The molecule has 108 valence electrons. The van der Waals surface area contributed by atoms with Gasteiger partial charge in [0, 0.05) is 37.0 Å². The largest absolute Gasteiger partial charge is 0.310 e. The lowest BCUT2D eigenvalue weighted by Gasteiger charge is -2.15. The first-order chi connectivity index (χ1) is 9.63. The van der Waals surface area contributed by atoms with Crippen LogP contribution in [0.4, 0.5) is 4.39 Å². The molecule has 3 nitrogen and oxygen atoms in total. The quantitative estimate of drug-likeness (QED) is 0.875. The molecular weight excluding hydrogens is 253 g/mol. The molecule has 0 aliphatic rings. The smallest absolute Gasteiger partial charge is 0.129 e. The third-order valence-electron chi connectivity index (χ3n) is 3.23. The molecule has 4 heteroatoms. The van der Waals surface area contributed by atoms with E-state index in [1.807, 2.05) is 16.8 Å². The fraction of sp³-hybridized carbons (Fsp3) is 0.438. The van der Waals surface area contributed by atoms with Crippen LogP contribution in [0.5, 0.6) is 0 Å². The highest BCUT2D eigenvalue weighted by Crippen LogP contribution is 2.20. The van der Waals surface area contributed by atoms with Crippen molar-refractivity contribution in [3.05, 3.63) is 47.8 Å². The molecular formula is C16H22FN3. The minimum Gasteiger partial charge on any atom is -0.310 e. The second-order valence-corrected chi connectivity index (χ2v) is 5.24. The molecule has 2 rings (SSSR count). The van der Waals surface area contributed by atoms with Gasteiger partial charge >= 0.3 is 0 Å². The second-order valence-electron chi connectivity index (χ2n) is 5.24. The van der Waals surface area contributed by atoms with Crippen molar-refractivity contribution in [2.24, 2.45) is 0 Å². The molecule has 0 saturated heterocycles. The van der Waals surface area contributed by atoms with Gasteiger partial charge in [0.25, 0.3) is 0 Å². The Labute approximate surface area is 119 Å². The first-order valence-electron chi connectivity index (χ1n) is 7.16. The van der Waals surface area contributed by atoms with Gasteiger partial charge in [-0.2, -0.15) is 0 Å². The van der Waals surface area contributed by atoms with E-state index in [-0.39, 0.29) is 5.82 Å². The highest BCUT2D eigenvalue weighted by atomic mass is 19.1. The normalized spacial score (nSPS) is 11.2. The maximum Gasteiger partial charge on any atom is 0.129 e. The molecule has 0 saturated carbocycles. The summed E-state index contributed by atoms with van der Waals surface area (Å²) in [4.78, 5) is 4.37. The summed E-state index contributed by atoms with van der Waals surface area (Å²) in [5.41, 5.74) is 1.57. The van der Waals surface area contributed by atoms with Crippen LogP contribution in [0.3, 0.4) is 0 Å². The second kappa shape index (κ2) is 6.66. The van der Waals surface area contributed by atoms with Crippen LogP contribution >= 0.6 is 0 Å². The van der Waals surface area contributed by atoms with E-state index in [4.69, 9.17) is 0 Å². The van der Waals surface area contributed by atoms with Gasteiger partial charge in [-0.15, -0.1) is 0 Å². The van der Waals surface area contributed by atoms with E-state index >= 15 is 0 Å². The molecule has 0 bridgehead atoms. The van der Waals surface area contributed by atoms with E-state index < -0.39 is 0 Å². The zero-order chi connectivity index (χ0) is 14.5. The van der Waals surface area contributed by atoms with Crippen LogP contribution in [0.2, 0.25) is 0 Å². The number of rotatable bonds is 6.